The number of thiocarbonyl (C=S) groups is 1. The van der Waals surface area contributed by atoms with Gasteiger partial charge in [-0.1, -0.05) is 30.3 Å². The van der Waals surface area contributed by atoms with Gasteiger partial charge in [0.2, 0.25) is 0 Å². The van der Waals surface area contributed by atoms with Crippen molar-refractivity contribution in [2.75, 3.05) is 5.32 Å². The molecule has 0 saturated heterocycles. The molecule has 6 heteroatoms. The number of allylic oxidation sites excluding steroid dienone is 1. The molecule has 1 aliphatic rings. The lowest BCUT2D eigenvalue weighted by Crippen LogP contribution is -2.46. The van der Waals surface area contributed by atoms with Crippen LogP contribution in [0, 0.1) is 12.7 Å². The number of anilines is 1. The monoisotopic (exact) mass is 355 g/mol. The lowest BCUT2D eigenvalue weighted by Gasteiger charge is -2.31. The van der Waals surface area contributed by atoms with Crippen LogP contribution in [0.5, 0.6) is 0 Å². The van der Waals surface area contributed by atoms with Gasteiger partial charge in [0.25, 0.3) is 5.91 Å². The number of nitrogens with one attached hydrogen (secondary N) is 3. The van der Waals surface area contributed by atoms with Gasteiger partial charge in [-0.15, -0.1) is 0 Å². The Morgan fingerprint density at radius 2 is 1.84 bits per heavy atom. The molecule has 2 aromatic carbocycles. The number of hydrogen-bond donors (Lipinski definition) is 3. The molecule has 1 heterocycles. The van der Waals surface area contributed by atoms with Gasteiger partial charge in [-0.25, -0.2) is 4.39 Å². The Labute approximate surface area is 151 Å². The second-order valence-corrected chi connectivity index (χ2v) is 6.27. The van der Waals surface area contributed by atoms with Gasteiger partial charge in [0.1, 0.15) is 5.82 Å². The van der Waals surface area contributed by atoms with Gasteiger partial charge in [-0.2, -0.15) is 0 Å². The maximum absolute atomic E-state index is 14.5. The summed E-state index contributed by atoms with van der Waals surface area (Å²) in [5, 5.41) is 9.19. The van der Waals surface area contributed by atoms with Crippen molar-refractivity contribution in [2.45, 2.75) is 19.9 Å². The van der Waals surface area contributed by atoms with Crippen LogP contribution in [-0.2, 0) is 4.79 Å². The highest BCUT2D eigenvalue weighted by Crippen LogP contribution is 2.31. The van der Waals surface area contributed by atoms with Crippen molar-refractivity contribution in [1.29, 1.82) is 0 Å². The zero-order chi connectivity index (χ0) is 18.0. The van der Waals surface area contributed by atoms with Gasteiger partial charge in [-0.3, -0.25) is 4.79 Å². The number of para-hydroxylation sites is 1. The number of amides is 1. The normalized spacial score (nSPS) is 16.9. The van der Waals surface area contributed by atoms with Gasteiger partial charge >= 0.3 is 0 Å². The highest BCUT2D eigenvalue weighted by atomic mass is 32.1. The predicted molar refractivity (Wildman–Crippen MR) is 101 cm³/mol. The average molecular weight is 355 g/mol. The highest BCUT2D eigenvalue weighted by Gasteiger charge is 2.32. The van der Waals surface area contributed by atoms with E-state index in [0.717, 1.165) is 5.56 Å². The van der Waals surface area contributed by atoms with Crippen LogP contribution in [0.2, 0.25) is 0 Å². The van der Waals surface area contributed by atoms with Crippen molar-refractivity contribution in [3.63, 3.8) is 0 Å². The van der Waals surface area contributed by atoms with Crippen LogP contribution in [0.1, 0.15) is 24.1 Å². The Bertz CT molecular complexity index is 844. The van der Waals surface area contributed by atoms with Gasteiger partial charge < -0.3 is 16.0 Å². The van der Waals surface area contributed by atoms with E-state index in [1.165, 1.54) is 6.07 Å². The van der Waals surface area contributed by atoms with E-state index in [2.05, 4.69) is 16.0 Å². The van der Waals surface area contributed by atoms with Crippen LogP contribution in [0.4, 0.5) is 10.1 Å². The molecule has 1 aliphatic heterocycles. The fraction of sp³-hybridized carbons (Fsp3) is 0.158. The summed E-state index contributed by atoms with van der Waals surface area (Å²) >= 11 is 5.21. The van der Waals surface area contributed by atoms with Gasteiger partial charge in [0, 0.05) is 16.9 Å². The standard InChI is InChI=1S/C19H18FN3OS/c1-11-7-6-10-14(20)15(11)17-16(12(2)21-19(25)23-17)18(24)22-13-8-4-3-5-9-13/h3-10,17H,1-2H3,(H,22,24)(H2,21,23,25). The maximum atomic E-state index is 14.5. The van der Waals surface area contributed by atoms with Crippen molar-refractivity contribution >= 4 is 28.9 Å². The number of hydrogen-bond acceptors (Lipinski definition) is 2. The molecule has 1 unspecified atom stereocenters. The Morgan fingerprint density at radius 1 is 1.12 bits per heavy atom. The molecule has 3 rings (SSSR count). The van der Waals surface area contributed by atoms with Crippen LogP contribution in [0.3, 0.4) is 0 Å². The highest BCUT2D eigenvalue weighted by molar-refractivity contribution is 7.80. The fourth-order valence-corrected chi connectivity index (χ4v) is 3.21. The summed E-state index contributed by atoms with van der Waals surface area (Å²) in [5.74, 6) is -0.682. The lowest BCUT2D eigenvalue weighted by molar-refractivity contribution is -0.113. The molecule has 3 N–H and O–H groups in total. The van der Waals surface area contributed by atoms with Gasteiger partial charge in [0.05, 0.1) is 11.6 Å². The van der Waals surface area contributed by atoms with Crippen molar-refractivity contribution in [2.24, 2.45) is 0 Å². The van der Waals surface area contributed by atoms with Crippen LogP contribution in [0.25, 0.3) is 0 Å². The first-order valence-corrected chi connectivity index (χ1v) is 8.28. The first-order chi connectivity index (χ1) is 12.0. The second-order valence-electron chi connectivity index (χ2n) is 5.86. The molecule has 128 valence electrons. The van der Waals surface area contributed by atoms with E-state index in [1.54, 1.807) is 25.1 Å². The minimum Gasteiger partial charge on any atom is -0.351 e. The van der Waals surface area contributed by atoms with E-state index in [9.17, 15) is 9.18 Å². The number of halogens is 1. The van der Waals surface area contributed by atoms with Crippen LogP contribution < -0.4 is 16.0 Å². The minimum absolute atomic E-state index is 0.307. The molecule has 2 aromatic rings. The van der Waals surface area contributed by atoms with E-state index in [-0.39, 0.29) is 11.7 Å². The van der Waals surface area contributed by atoms with Crippen molar-refractivity contribution < 1.29 is 9.18 Å². The van der Waals surface area contributed by atoms with E-state index < -0.39 is 6.04 Å². The lowest BCUT2D eigenvalue weighted by atomic mass is 9.91. The van der Waals surface area contributed by atoms with Gasteiger partial charge in [-0.05, 0) is 49.8 Å². The summed E-state index contributed by atoms with van der Waals surface area (Å²) in [6.07, 6.45) is 0. The third-order valence-electron chi connectivity index (χ3n) is 4.11. The third-order valence-corrected chi connectivity index (χ3v) is 4.32. The molecule has 0 fully saturated rings. The number of aryl methyl sites for hydroxylation is 1. The van der Waals surface area contributed by atoms with Gasteiger partial charge in [0.15, 0.2) is 5.11 Å². The Balaban J connectivity index is 2.02. The topological polar surface area (TPSA) is 53.2 Å². The van der Waals surface area contributed by atoms with Crippen molar-refractivity contribution in [3.05, 3.63) is 76.7 Å². The minimum atomic E-state index is -0.654. The van der Waals surface area contributed by atoms with Crippen LogP contribution in [0.15, 0.2) is 59.8 Å². The maximum Gasteiger partial charge on any atom is 0.255 e. The largest absolute Gasteiger partial charge is 0.351 e. The van der Waals surface area contributed by atoms with E-state index in [1.807, 2.05) is 31.2 Å². The molecule has 25 heavy (non-hydrogen) atoms. The van der Waals surface area contributed by atoms with E-state index >= 15 is 0 Å². The Morgan fingerprint density at radius 3 is 2.52 bits per heavy atom. The zero-order valence-electron chi connectivity index (χ0n) is 13.9. The van der Waals surface area contributed by atoms with Crippen LogP contribution in [-0.4, -0.2) is 11.0 Å². The molecule has 4 nitrogen and oxygen atoms in total. The number of benzene rings is 2. The third kappa shape index (κ3) is 3.53. The summed E-state index contributed by atoms with van der Waals surface area (Å²) in [6, 6.07) is 13.3. The Hall–Kier alpha value is -2.73. The average Bonchev–Trinajstić information content (AvgIpc) is 2.55. The molecule has 0 aliphatic carbocycles. The smallest absolute Gasteiger partial charge is 0.255 e. The summed E-state index contributed by atoms with van der Waals surface area (Å²) in [6.45, 7) is 3.57. The molecule has 0 radical (unpaired) electrons. The van der Waals surface area contributed by atoms with Crippen molar-refractivity contribution in [3.8, 4) is 0 Å². The molecule has 0 spiro atoms. The molecular weight excluding hydrogens is 337 g/mol. The van der Waals surface area contributed by atoms with Crippen LogP contribution >= 0.6 is 12.2 Å². The first kappa shape index (κ1) is 17.1. The molecule has 0 bridgehead atoms. The number of rotatable bonds is 3. The molecule has 1 atom stereocenters. The molecule has 1 amide bonds. The zero-order valence-corrected chi connectivity index (χ0v) is 14.7. The summed E-state index contributed by atoms with van der Waals surface area (Å²) in [4.78, 5) is 12.9. The second kappa shape index (κ2) is 7.03. The summed E-state index contributed by atoms with van der Waals surface area (Å²) < 4.78 is 14.5. The number of carbonyl (C=O) groups excluding carboxylic acids is 1. The first-order valence-electron chi connectivity index (χ1n) is 7.87. The molecular formula is C19H18FN3OS. The fourth-order valence-electron chi connectivity index (χ4n) is 2.94. The van der Waals surface area contributed by atoms with E-state index in [4.69, 9.17) is 12.2 Å². The SMILES string of the molecule is CC1=C(C(=O)Nc2ccccc2)C(c2c(C)cccc2F)NC(=S)N1. The number of carbonyl (C=O) groups is 1. The van der Waals surface area contributed by atoms with Crippen molar-refractivity contribution in [1.82, 2.24) is 10.6 Å². The predicted octanol–water partition coefficient (Wildman–Crippen LogP) is 3.57. The molecule has 0 saturated carbocycles. The Kier molecular flexibility index (Phi) is 4.81. The van der Waals surface area contributed by atoms with E-state index in [0.29, 0.717) is 27.6 Å². The summed E-state index contributed by atoms with van der Waals surface area (Å²) in [7, 11) is 0. The quantitative estimate of drug-likeness (QED) is 0.737. The molecule has 0 aromatic heterocycles. The summed E-state index contributed by atoms with van der Waals surface area (Å²) in [5.41, 5.74) is 2.85.